The van der Waals surface area contributed by atoms with Gasteiger partial charge in [-0.2, -0.15) is 4.39 Å². The summed E-state index contributed by atoms with van der Waals surface area (Å²) >= 11 is 3.11. The summed E-state index contributed by atoms with van der Waals surface area (Å²) < 4.78 is 32.2. The largest absolute Gasteiger partial charge is 0.452 e. The molecule has 0 bridgehead atoms. The Kier molecular flexibility index (Phi) is 3.79. The quantitative estimate of drug-likeness (QED) is 0.682. The molecule has 0 fully saturated rings. The van der Waals surface area contributed by atoms with Gasteiger partial charge in [-0.05, 0) is 28.1 Å². The van der Waals surface area contributed by atoms with E-state index in [-0.39, 0.29) is 12.2 Å². The first-order chi connectivity index (χ1) is 8.97. The molecule has 8 heteroatoms. The van der Waals surface area contributed by atoms with Crippen molar-refractivity contribution in [2.45, 2.75) is 6.54 Å². The maximum atomic E-state index is 13.4. The summed E-state index contributed by atoms with van der Waals surface area (Å²) in [6, 6.07) is 4.58. The average Bonchev–Trinajstić information content (AvgIpc) is 2.73. The van der Waals surface area contributed by atoms with Crippen LogP contribution in [-0.4, -0.2) is 4.92 Å². The van der Waals surface area contributed by atoms with Crippen LogP contribution in [0.1, 0.15) is 5.76 Å². The van der Waals surface area contributed by atoms with Gasteiger partial charge in [0, 0.05) is 12.1 Å². The van der Waals surface area contributed by atoms with E-state index in [0.717, 1.165) is 6.07 Å². The van der Waals surface area contributed by atoms with E-state index < -0.39 is 22.2 Å². The van der Waals surface area contributed by atoms with Gasteiger partial charge in [0.15, 0.2) is 4.67 Å². The Balaban J connectivity index is 2.20. The van der Waals surface area contributed by atoms with Gasteiger partial charge in [0.05, 0.1) is 17.2 Å². The number of benzene rings is 1. The second kappa shape index (κ2) is 5.35. The van der Waals surface area contributed by atoms with Gasteiger partial charge in [-0.25, -0.2) is 4.39 Å². The number of furan rings is 1. The van der Waals surface area contributed by atoms with E-state index in [9.17, 15) is 18.9 Å². The van der Waals surface area contributed by atoms with Crippen molar-refractivity contribution >= 4 is 27.3 Å². The molecule has 0 saturated heterocycles. The number of nitrogens with one attached hydrogen (secondary N) is 1. The fraction of sp³-hybridized carbons (Fsp3) is 0.0909. The second-order valence-electron chi connectivity index (χ2n) is 3.60. The molecule has 1 heterocycles. The molecule has 5 nitrogen and oxygen atoms in total. The molecule has 0 aliphatic rings. The van der Waals surface area contributed by atoms with E-state index in [1.54, 1.807) is 12.1 Å². The average molecular weight is 333 g/mol. The highest BCUT2D eigenvalue weighted by Crippen LogP contribution is 2.25. The summed E-state index contributed by atoms with van der Waals surface area (Å²) in [6.07, 6.45) is 0. The Bertz CT molecular complexity index is 630. The van der Waals surface area contributed by atoms with Crippen molar-refractivity contribution in [3.63, 3.8) is 0 Å². The topological polar surface area (TPSA) is 68.3 Å². The standard InChI is InChI=1S/C11H7BrF2N2O3/c12-11-2-1-6(19-11)5-15-9-4-10(16(17)18)8(14)3-7(9)13/h1-4,15H,5H2. The maximum absolute atomic E-state index is 13.4. The minimum absolute atomic E-state index is 0.116. The first kappa shape index (κ1) is 13.5. The zero-order chi connectivity index (χ0) is 14.0. The van der Waals surface area contributed by atoms with E-state index in [1.165, 1.54) is 0 Å². The highest BCUT2D eigenvalue weighted by molar-refractivity contribution is 9.10. The second-order valence-corrected chi connectivity index (χ2v) is 4.38. The van der Waals surface area contributed by atoms with Crippen molar-refractivity contribution in [3.8, 4) is 0 Å². The minimum atomic E-state index is -1.21. The van der Waals surface area contributed by atoms with Crippen molar-refractivity contribution in [1.29, 1.82) is 0 Å². The maximum Gasteiger partial charge on any atom is 0.307 e. The lowest BCUT2D eigenvalue weighted by atomic mass is 10.2. The van der Waals surface area contributed by atoms with Crippen LogP contribution >= 0.6 is 15.9 Å². The normalized spacial score (nSPS) is 10.5. The lowest BCUT2D eigenvalue weighted by Gasteiger charge is -2.06. The minimum Gasteiger partial charge on any atom is -0.452 e. The van der Waals surface area contributed by atoms with Gasteiger partial charge in [-0.3, -0.25) is 10.1 Å². The zero-order valence-corrected chi connectivity index (χ0v) is 10.9. The highest BCUT2D eigenvalue weighted by Gasteiger charge is 2.18. The Hall–Kier alpha value is -1.96. The van der Waals surface area contributed by atoms with Gasteiger partial charge in [0.2, 0.25) is 5.82 Å². The van der Waals surface area contributed by atoms with Crippen molar-refractivity contribution in [1.82, 2.24) is 0 Å². The van der Waals surface area contributed by atoms with E-state index in [1.807, 2.05) is 0 Å². The predicted octanol–water partition coefficient (Wildman–Crippen LogP) is 3.84. The summed E-state index contributed by atoms with van der Waals surface area (Å²) in [4.78, 5) is 9.64. The van der Waals surface area contributed by atoms with E-state index >= 15 is 0 Å². The van der Waals surface area contributed by atoms with Crippen LogP contribution in [0, 0.1) is 21.7 Å². The van der Waals surface area contributed by atoms with Crippen LogP contribution in [0.25, 0.3) is 0 Å². The molecule has 0 aliphatic carbocycles. The molecular formula is C11H7BrF2N2O3. The van der Waals surface area contributed by atoms with Crippen LogP contribution in [-0.2, 0) is 6.54 Å². The lowest BCUT2D eigenvalue weighted by molar-refractivity contribution is -0.387. The Labute approximate surface area is 114 Å². The molecule has 2 rings (SSSR count). The first-order valence-corrected chi connectivity index (χ1v) is 5.88. The Morgan fingerprint density at radius 3 is 2.63 bits per heavy atom. The van der Waals surface area contributed by atoms with Crippen molar-refractivity contribution in [2.24, 2.45) is 0 Å². The van der Waals surface area contributed by atoms with Crippen molar-refractivity contribution < 1.29 is 18.1 Å². The van der Waals surface area contributed by atoms with Gasteiger partial charge in [0.25, 0.3) is 0 Å². The Morgan fingerprint density at radius 1 is 1.32 bits per heavy atom. The molecule has 1 aromatic heterocycles. The zero-order valence-electron chi connectivity index (χ0n) is 9.32. The molecule has 2 aromatic rings. The molecule has 19 heavy (non-hydrogen) atoms. The number of hydrogen-bond donors (Lipinski definition) is 1. The number of nitro groups is 1. The Morgan fingerprint density at radius 2 is 2.05 bits per heavy atom. The van der Waals surface area contributed by atoms with Crippen LogP contribution in [0.3, 0.4) is 0 Å². The molecule has 1 N–H and O–H groups in total. The third-order valence-electron chi connectivity index (χ3n) is 2.32. The SMILES string of the molecule is O=[N+]([O-])c1cc(NCc2ccc(Br)o2)c(F)cc1F. The first-order valence-electron chi connectivity index (χ1n) is 5.09. The molecule has 0 atom stereocenters. The number of anilines is 1. The van der Waals surface area contributed by atoms with Crippen LogP contribution in [0.15, 0.2) is 33.4 Å². The lowest BCUT2D eigenvalue weighted by Crippen LogP contribution is -2.03. The van der Waals surface area contributed by atoms with Crippen LogP contribution in [0.2, 0.25) is 0 Å². The number of hydrogen-bond acceptors (Lipinski definition) is 4. The monoisotopic (exact) mass is 332 g/mol. The molecule has 0 unspecified atom stereocenters. The van der Waals surface area contributed by atoms with Gasteiger partial charge in [-0.1, -0.05) is 0 Å². The predicted molar refractivity (Wildman–Crippen MR) is 66.7 cm³/mol. The summed E-state index contributed by atoms with van der Waals surface area (Å²) in [6.45, 7) is 0.116. The number of nitrogens with zero attached hydrogens (tertiary/aromatic N) is 1. The fourth-order valence-electron chi connectivity index (χ4n) is 1.44. The van der Waals surface area contributed by atoms with Gasteiger partial charge in [-0.15, -0.1) is 0 Å². The third-order valence-corrected chi connectivity index (χ3v) is 2.74. The van der Waals surface area contributed by atoms with E-state index in [0.29, 0.717) is 16.5 Å². The molecule has 0 radical (unpaired) electrons. The summed E-state index contributed by atoms with van der Waals surface area (Å²) in [5.41, 5.74) is -0.954. The van der Waals surface area contributed by atoms with Crippen molar-refractivity contribution in [2.75, 3.05) is 5.32 Å². The van der Waals surface area contributed by atoms with Gasteiger partial charge >= 0.3 is 5.69 Å². The highest BCUT2D eigenvalue weighted by atomic mass is 79.9. The van der Waals surface area contributed by atoms with Gasteiger partial charge < -0.3 is 9.73 Å². The smallest absolute Gasteiger partial charge is 0.307 e. The summed E-state index contributed by atoms with van der Waals surface area (Å²) in [5.74, 6) is -1.62. The fourth-order valence-corrected chi connectivity index (χ4v) is 1.78. The van der Waals surface area contributed by atoms with E-state index in [2.05, 4.69) is 21.2 Å². The molecule has 0 saturated carbocycles. The number of halogens is 3. The van der Waals surface area contributed by atoms with Crippen LogP contribution < -0.4 is 5.32 Å². The third kappa shape index (κ3) is 3.08. The summed E-state index contributed by atoms with van der Waals surface area (Å²) in [5, 5.41) is 13.2. The van der Waals surface area contributed by atoms with Crippen LogP contribution in [0.4, 0.5) is 20.2 Å². The van der Waals surface area contributed by atoms with E-state index in [4.69, 9.17) is 4.42 Å². The number of rotatable bonds is 4. The van der Waals surface area contributed by atoms with Crippen LogP contribution in [0.5, 0.6) is 0 Å². The van der Waals surface area contributed by atoms with Gasteiger partial charge in [0.1, 0.15) is 11.6 Å². The molecule has 0 amide bonds. The molecule has 0 aliphatic heterocycles. The number of nitro benzene ring substituents is 1. The van der Waals surface area contributed by atoms with Crippen molar-refractivity contribution in [3.05, 3.63) is 56.4 Å². The summed E-state index contributed by atoms with van der Waals surface area (Å²) in [7, 11) is 0. The molecular weight excluding hydrogens is 326 g/mol. The molecule has 100 valence electrons. The molecule has 1 aromatic carbocycles. The molecule has 0 spiro atoms.